The van der Waals surface area contributed by atoms with Crippen LogP contribution in [0.4, 0.5) is 14.5 Å². The fraction of sp³-hybridized carbons (Fsp3) is 0.312. The second-order valence-corrected chi connectivity index (χ2v) is 5.49. The van der Waals surface area contributed by atoms with Crippen LogP contribution in [-0.4, -0.2) is 22.5 Å². The summed E-state index contributed by atoms with van der Waals surface area (Å²) in [4.78, 5) is 12.8. The maximum atomic E-state index is 13.5. The Morgan fingerprint density at radius 2 is 2.00 bits per heavy atom. The Balaban J connectivity index is 1.53. The molecule has 2 aromatic rings. The number of halogens is 2. The molecule has 1 saturated carbocycles. The fourth-order valence-electron chi connectivity index (χ4n) is 2.12. The van der Waals surface area contributed by atoms with Gasteiger partial charge in [-0.05, 0) is 37.0 Å². The number of guanidine groups is 1. The van der Waals surface area contributed by atoms with Gasteiger partial charge in [-0.25, -0.2) is 18.7 Å². The predicted molar refractivity (Wildman–Crippen MR) is 84.2 cm³/mol. The van der Waals surface area contributed by atoms with Crippen molar-refractivity contribution < 1.29 is 8.78 Å². The number of hydrogen-bond acceptors (Lipinski definition) is 3. The Kier molecular flexibility index (Phi) is 4.45. The van der Waals surface area contributed by atoms with E-state index in [0.29, 0.717) is 18.9 Å². The Hall–Kier alpha value is -2.57. The number of rotatable bonds is 5. The van der Waals surface area contributed by atoms with Crippen LogP contribution in [0.3, 0.4) is 0 Å². The van der Waals surface area contributed by atoms with Crippen LogP contribution in [0.5, 0.6) is 0 Å². The van der Waals surface area contributed by atoms with Crippen molar-refractivity contribution in [3.8, 4) is 0 Å². The molecule has 7 heteroatoms. The molecule has 0 spiro atoms. The number of nitrogens with one attached hydrogen (secondary N) is 1. The van der Waals surface area contributed by atoms with Gasteiger partial charge in [-0.1, -0.05) is 0 Å². The lowest BCUT2D eigenvalue weighted by Crippen LogP contribution is -2.23. The van der Waals surface area contributed by atoms with Gasteiger partial charge < -0.3 is 11.1 Å². The van der Waals surface area contributed by atoms with Crippen LogP contribution in [0.2, 0.25) is 0 Å². The lowest BCUT2D eigenvalue weighted by Gasteiger charge is -2.07. The second kappa shape index (κ2) is 6.68. The number of hydrogen-bond donors (Lipinski definition) is 2. The molecule has 1 aromatic carbocycles. The van der Waals surface area contributed by atoms with Gasteiger partial charge in [-0.15, -0.1) is 0 Å². The van der Waals surface area contributed by atoms with Gasteiger partial charge in [0.1, 0.15) is 17.5 Å². The van der Waals surface area contributed by atoms with Gasteiger partial charge >= 0.3 is 0 Å². The molecule has 0 atom stereocenters. The Morgan fingerprint density at radius 3 is 2.70 bits per heavy atom. The molecule has 0 amide bonds. The van der Waals surface area contributed by atoms with E-state index in [1.54, 1.807) is 12.4 Å². The second-order valence-electron chi connectivity index (χ2n) is 5.49. The maximum absolute atomic E-state index is 13.5. The Bertz CT molecular complexity index is 711. The quantitative estimate of drug-likeness (QED) is 0.656. The lowest BCUT2D eigenvalue weighted by molar-refractivity contribution is 0.604. The summed E-state index contributed by atoms with van der Waals surface area (Å²) < 4.78 is 26.5. The molecule has 120 valence electrons. The summed E-state index contributed by atoms with van der Waals surface area (Å²) in [5.41, 5.74) is 6.60. The highest BCUT2D eigenvalue weighted by Crippen LogP contribution is 2.37. The van der Waals surface area contributed by atoms with Gasteiger partial charge in [-0.3, -0.25) is 4.99 Å². The molecule has 0 bridgehead atoms. The Morgan fingerprint density at radius 1 is 1.26 bits per heavy atom. The van der Waals surface area contributed by atoms with Crippen molar-refractivity contribution in [3.05, 3.63) is 53.6 Å². The van der Waals surface area contributed by atoms with Crippen molar-refractivity contribution in [1.82, 2.24) is 9.97 Å². The zero-order chi connectivity index (χ0) is 16.2. The zero-order valence-corrected chi connectivity index (χ0v) is 12.5. The van der Waals surface area contributed by atoms with E-state index in [9.17, 15) is 8.78 Å². The van der Waals surface area contributed by atoms with Gasteiger partial charge in [0, 0.05) is 30.9 Å². The first-order valence-corrected chi connectivity index (χ1v) is 7.44. The molecule has 3 rings (SSSR count). The standard InChI is InChI=1S/C16H17F2N5/c17-12-3-4-13(18)14(7-12)23-16(19)20-6-5-10-8-21-15(22-9-10)11-1-2-11/h3-4,7-9,11H,1-2,5-6H2,(H3,19,20,23). The molecule has 1 fully saturated rings. The predicted octanol–water partition coefficient (Wildman–Crippen LogP) is 2.60. The van der Waals surface area contributed by atoms with Crippen molar-refractivity contribution in [3.63, 3.8) is 0 Å². The molecule has 23 heavy (non-hydrogen) atoms. The molecule has 0 saturated heterocycles. The summed E-state index contributed by atoms with van der Waals surface area (Å²) in [7, 11) is 0. The normalized spacial score (nSPS) is 14.8. The zero-order valence-electron chi connectivity index (χ0n) is 12.5. The van der Waals surface area contributed by atoms with E-state index in [4.69, 9.17) is 5.73 Å². The minimum atomic E-state index is -0.589. The van der Waals surface area contributed by atoms with Gasteiger partial charge in [0.2, 0.25) is 0 Å². The van der Waals surface area contributed by atoms with Crippen molar-refractivity contribution in [2.24, 2.45) is 10.7 Å². The van der Waals surface area contributed by atoms with Gasteiger partial charge in [0.05, 0.1) is 5.69 Å². The SMILES string of the molecule is NC(=NCCc1cnc(C2CC2)nc1)Nc1cc(F)ccc1F. The molecular formula is C16H17F2N5. The largest absolute Gasteiger partial charge is 0.370 e. The molecule has 0 aliphatic heterocycles. The van der Waals surface area contributed by atoms with Crippen molar-refractivity contribution in [1.29, 1.82) is 0 Å². The lowest BCUT2D eigenvalue weighted by atomic mass is 10.2. The summed E-state index contributed by atoms with van der Waals surface area (Å²) in [6.45, 7) is 0.405. The first-order valence-electron chi connectivity index (χ1n) is 7.44. The average Bonchev–Trinajstić information content (AvgIpc) is 3.36. The maximum Gasteiger partial charge on any atom is 0.193 e. The van der Waals surface area contributed by atoms with Crippen LogP contribution in [0, 0.1) is 11.6 Å². The Labute approximate surface area is 132 Å². The first-order chi connectivity index (χ1) is 11.1. The third kappa shape index (κ3) is 4.21. The minimum absolute atomic E-state index is 0.0324. The van der Waals surface area contributed by atoms with Gasteiger partial charge in [-0.2, -0.15) is 0 Å². The number of benzene rings is 1. The van der Waals surface area contributed by atoms with E-state index >= 15 is 0 Å². The molecule has 1 aliphatic carbocycles. The smallest absolute Gasteiger partial charge is 0.193 e. The molecule has 5 nitrogen and oxygen atoms in total. The van der Waals surface area contributed by atoms with Crippen LogP contribution in [0.15, 0.2) is 35.6 Å². The van der Waals surface area contributed by atoms with E-state index in [1.165, 1.54) is 12.8 Å². The summed E-state index contributed by atoms with van der Waals surface area (Å²) in [5, 5.41) is 2.55. The molecule has 3 N–H and O–H groups in total. The number of aliphatic imine (C=N–C) groups is 1. The minimum Gasteiger partial charge on any atom is -0.370 e. The summed E-state index contributed by atoms with van der Waals surface area (Å²) in [6, 6.07) is 3.10. The van der Waals surface area contributed by atoms with Gasteiger partial charge in [0.15, 0.2) is 5.96 Å². The monoisotopic (exact) mass is 317 g/mol. The van der Waals surface area contributed by atoms with E-state index in [0.717, 1.165) is 29.6 Å². The highest BCUT2D eigenvalue weighted by atomic mass is 19.1. The fourth-order valence-corrected chi connectivity index (χ4v) is 2.12. The third-order valence-corrected chi connectivity index (χ3v) is 3.54. The molecule has 0 radical (unpaired) electrons. The summed E-state index contributed by atoms with van der Waals surface area (Å²) in [6.07, 6.45) is 6.56. The number of anilines is 1. The van der Waals surface area contributed by atoms with Crippen molar-refractivity contribution in [2.45, 2.75) is 25.2 Å². The number of aromatic nitrogens is 2. The first kappa shape index (κ1) is 15.3. The average molecular weight is 317 g/mol. The summed E-state index contributed by atoms with van der Waals surface area (Å²) in [5.74, 6) is 0.330. The third-order valence-electron chi connectivity index (χ3n) is 3.54. The number of nitrogens with two attached hydrogens (primary N) is 1. The highest BCUT2D eigenvalue weighted by molar-refractivity contribution is 5.92. The van der Waals surface area contributed by atoms with Gasteiger partial charge in [0.25, 0.3) is 0 Å². The molecule has 1 aromatic heterocycles. The highest BCUT2D eigenvalue weighted by Gasteiger charge is 2.25. The molecule has 1 heterocycles. The van der Waals surface area contributed by atoms with E-state index in [-0.39, 0.29) is 11.6 Å². The van der Waals surface area contributed by atoms with Crippen LogP contribution >= 0.6 is 0 Å². The number of nitrogens with zero attached hydrogens (tertiary/aromatic N) is 3. The summed E-state index contributed by atoms with van der Waals surface area (Å²) >= 11 is 0. The van der Waals surface area contributed by atoms with Crippen LogP contribution < -0.4 is 11.1 Å². The van der Waals surface area contributed by atoms with Crippen LogP contribution in [0.1, 0.15) is 30.1 Å². The van der Waals surface area contributed by atoms with Crippen LogP contribution in [-0.2, 0) is 6.42 Å². The van der Waals surface area contributed by atoms with Crippen LogP contribution in [0.25, 0.3) is 0 Å². The molecular weight excluding hydrogens is 300 g/mol. The van der Waals surface area contributed by atoms with E-state index in [1.807, 2.05) is 0 Å². The van der Waals surface area contributed by atoms with Crippen molar-refractivity contribution >= 4 is 11.6 Å². The topological polar surface area (TPSA) is 76.2 Å². The molecule has 1 aliphatic rings. The molecule has 0 unspecified atom stereocenters. The van der Waals surface area contributed by atoms with E-state index < -0.39 is 11.6 Å². The van der Waals surface area contributed by atoms with E-state index in [2.05, 4.69) is 20.3 Å². The van der Waals surface area contributed by atoms with Crippen molar-refractivity contribution in [2.75, 3.05) is 11.9 Å².